The van der Waals surface area contributed by atoms with Crippen molar-refractivity contribution in [1.29, 1.82) is 0 Å². The molecule has 27 heavy (non-hydrogen) atoms. The second-order valence-electron chi connectivity index (χ2n) is 8.15. The molecule has 0 saturated carbocycles. The smallest absolute Gasteiger partial charge is 0.317 e. The summed E-state index contributed by atoms with van der Waals surface area (Å²) in [5.74, 6) is 1.14. The van der Waals surface area contributed by atoms with Crippen molar-refractivity contribution >= 4 is 23.5 Å². The second-order valence-corrected chi connectivity index (χ2v) is 9.32. The first kappa shape index (κ1) is 20.3. The number of aliphatic hydroxyl groups is 2. The zero-order chi connectivity index (χ0) is 19.4. The van der Waals surface area contributed by atoms with E-state index in [0.717, 1.165) is 24.4 Å². The Labute approximate surface area is 165 Å². The molecule has 7 heteroatoms. The Kier molecular flexibility index (Phi) is 6.55. The molecule has 3 N–H and O–H groups in total. The minimum absolute atomic E-state index is 0.0370. The van der Waals surface area contributed by atoms with E-state index in [1.54, 1.807) is 11.8 Å². The summed E-state index contributed by atoms with van der Waals surface area (Å²) < 4.78 is 0. The van der Waals surface area contributed by atoms with Crippen molar-refractivity contribution in [3.8, 4) is 0 Å². The summed E-state index contributed by atoms with van der Waals surface area (Å²) in [5.41, 5.74) is 1.32. The highest BCUT2D eigenvalue weighted by Gasteiger charge is 2.46. The number of hydrogen-bond donors (Lipinski definition) is 3. The van der Waals surface area contributed by atoms with Gasteiger partial charge in [0.2, 0.25) is 0 Å². The van der Waals surface area contributed by atoms with Crippen LogP contribution in [0.1, 0.15) is 20.3 Å². The molecule has 1 aromatic carbocycles. The molecule has 2 amide bonds. The van der Waals surface area contributed by atoms with Gasteiger partial charge in [-0.15, -0.1) is 11.8 Å². The van der Waals surface area contributed by atoms with Crippen LogP contribution < -0.4 is 10.2 Å². The van der Waals surface area contributed by atoms with E-state index >= 15 is 0 Å². The van der Waals surface area contributed by atoms with Gasteiger partial charge < -0.3 is 25.3 Å². The Balaban J connectivity index is 1.78. The number of piperidine rings is 1. The van der Waals surface area contributed by atoms with Crippen molar-refractivity contribution in [2.75, 3.05) is 50.0 Å². The number of fused-ring (bicyclic) bond motifs is 4. The van der Waals surface area contributed by atoms with Crippen LogP contribution in [0.25, 0.3) is 0 Å². The number of nitrogens with one attached hydrogen (secondary N) is 1. The maximum Gasteiger partial charge on any atom is 0.317 e. The fraction of sp³-hybridized carbons (Fsp3) is 0.650. The van der Waals surface area contributed by atoms with E-state index < -0.39 is 0 Å². The molecule has 2 atom stereocenters. The van der Waals surface area contributed by atoms with E-state index in [0.29, 0.717) is 24.8 Å². The zero-order valence-electron chi connectivity index (χ0n) is 16.2. The number of aliphatic hydroxyl groups excluding tert-OH is 2. The van der Waals surface area contributed by atoms with E-state index in [4.69, 9.17) is 10.2 Å². The van der Waals surface area contributed by atoms with Crippen LogP contribution in [-0.4, -0.2) is 72.3 Å². The highest BCUT2D eigenvalue weighted by molar-refractivity contribution is 7.99. The van der Waals surface area contributed by atoms with E-state index in [1.165, 1.54) is 5.69 Å². The number of amides is 2. The van der Waals surface area contributed by atoms with E-state index in [9.17, 15) is 4.79 Å². The summed E-state index contributed by atoms with van der Waals surface area (Å²) >= 11 is 1.66. The Morgan fingerprint density at radius 2 is 1.93 bits per heavy atom. The number of carbonyl (C=O) groups excluding carboxylic acids is 1. The Morgan fingerprint density at radius 3 is 2.59 bits per heavy atom. The summed E-state index contributed by atoms with van der Waals surface area (Å²) in [7, 11) is 0. The van der Waals surface area contributed by atoms with Gasteiger partial charge in [-0.3, -0.25) is 0 Å². The van der Waals surface area contributed by atoms with Crippen LogP contribution >= 0.6 is 11.8 Å². The van der Waals surface area contributed by atoms with Gasteiger partial charge in [0, 0.05) is 42.5 Å². The van der Waals surface area contributed by atoms with Gasteiger partial charge >= 0.3 is 6.03 Å². The minimum Gasteiger partial charge on any atom is -0.396 e. The Morgan fingerprint density at radius 1 is 1.19 bits per heavy atom. The third-order valence-corrected chi connectivity index (χ3v) is 6.62. The lowest BCUT2D eigenvalue weighted by atomic mass is 9.73. The second kappa shape index (κ2) is 8.71. The summed E-state index contributed by atoms with van der Waals surface area (Å²) in [5, 5.41) is 20.8. The molecule has 3 saturated heterocycles. The van der Waals surface area contributed by atoms with Gasteiger partial charge in [-0.2, -0.15) is 0 Å². The maximum absolute atomic E-state index is 12.5. The van der Waals surface area contributed by atoms with E-state index in [2.05, 4.69) is 48.3 Å². The van der Waals surface area contributed by atoms with Crippen LogP contribution in [0.2, 0.25) is 0 Å². The standard InChI is InChI=1S/C20H31N3O3S/c1-20(2)11-15-12-22(19(26)21-7-8-24)14-18(20)23(13-15)16-3-5-17(6-4-16)27-10-9-25/h3-6,15,18,24-25H,7-14H2,1-2H3,(H,21,26)/t15-,18?/m1/s1. The lowest BCUT2D eigenvalue weighted by Gasteiger charge is -2.48. The average Bonchev–Trinajstić information content (AvgIpc) is 2.92. The number of thioether (sulfide) groups is 1. The summed E-state index contributed by atoms with van der Waals surface area (Å²) in [6.45, 7) is 7.47. The Bertz CT molecular complexity index is 638. The molecule has 6 nitrogen and oxygen atoms in total. The molecule has 1 unspecified atom stereocenters. The lowest BCUT2D eigenvalue weighted by molar-refractivity contribution is 0.185. The summed E-state index contributed by atoms with van der Waals surface area (Å²) in [6.07, 6.45) is 1.11. The molecule has 2 bridgehead atoms. The van der Waals surface area contributed by atoms with E-state index in [-0.39, 0.29) is 30.7 Å². The van der Waals surface area contributed by atoms with Crippen LogP contribution in [0.5, 0.6) is 0 Å². The molecule has 0 aromatic heterocycles. The van der Waals surface area contributed by atoms with Crippen LogP contribution in [-0.2, 0) is 0 Å². The summed E-state index contributed by atoms with van der Waals surface area (Å²) in [4.78, 5) is 18.0. The average molecular weight is 394 g/mol. The number of hydrogen-bond acceptors (Lipinski definition) is 5. The first-order chi connectivity index (χ1) is 12.9. The van der Waals surface area contributed by atoms with Crippen molar-refractivity contribution in [3.63, 3.8) is 0 Å². The van der Waals surface area contributed by atoms with Crippen molar-refractivity contribution in [2.45, 2.75) is 31.2 Å². The van der Waals surface area contributed by atoms with Crippen molar-refractivity contribution in [1.82, 2.24) is 10.2 Å². The highest BCUT2D eigenvalue weighted by Crippen LogP contribution is 2.43. The quantitative estimate of drug-likeness (QED) is 0.645. The van der Waals surface area contributed by atoms with Gasteiger partial charge in [0.25, 0.3) is 0 Å². The fourth-order valence-corrected chi connectivity index (χ4v) is 5.11. The Hall–Kier alpha value is -1.44. The molecule has 0 spiro atoms. The number of carbonyl (C=O) groups is 1. The number of anilines is 1. The molecule has 3 fully saturated rings. The minimum atomic E-state index is -0.0747. The molecular weight excluding hydrogens is 362 g/mol. The molecule has 1 aromatic rings. The number of nitrogens with zero attached hydrogens (tertiary/aromatic N) is 2. The molecule has 150 valence electrons. The predicted octanol–water partition coefficient (Wildman–Crippen LogP) is 2.01. The van der Waals surface area contributed by atoms with Crippen LogP contribution in [0.15, 0.2) is 29.2 Å². The zero-order valence-corrected chi connectivity index (χ0v) is 17.0. The van der Waals surface area contributed by atoms with Crippen LogP contribution in [0.3, 0.4) is 0 Å². The van der Waals surface area contributed by atoms with Gasteiger partial charge in [-0.05, 0) is 42.0 Å². The van der Waals surface area contributed by atoms with Crippen LogP contribution in [0, 0.1) is 11.3 Å². The third-order valence-electron chi connectivity index (χ3n) is 5.62. The monoisotopic (exact) mass is 393 g/mol. The maximum atomic E-state index is 12.5. The molecule has 0 radical (unpaired) electrons. The normalized spacial score (nSPS) is 24.0. The van der Waals surface area contributed by atoms with Gasteiger partial charge in [0.15, 0.2) is 0 Å². The van der Waals surface area contributed by atoms with Gasteiger partial charge in [0.05, 0.1) is 19.3 Å². The predicted molar refractivity (Wildman–Crippen MR) is 109 cm³/mol. The topological polar surface area (TPSA) is 76.0 Å². The highest BCUT2D eigenvalue weighted by atomic mass is 32.2. The van der Waals surface area contributed by atoms with Crippen molar-refractivity contribution in [2.24, 2.45) is 11.3 Å². The largest absolute Gasteiger partial charge is 0.396 e. The third kappa shape index (κ3) is 4.70. The molecule has 4 rings (SSSR count). The number of benzene rings is 1. The molecule has 3 aliphatic heterocycles. The summed E-state index contributed by atoms with van der Waals surface area (Å²) in [6, 6.07) is 8.74. The van der Waals surface area contributed by atoms with Crippen LogP contribution in [0.4, 0.5) is 10.5 Å². The van der Waals surface area contributed by atoms with Gasteiger partial charge in [-0.1, -0.05) is 13.8 Å². The van der Waals surface area contributed by atoms with Gasteiger partial charge in [0.1, 0.15) is 0 Å². The van der Waals surface area contributed by atoms with Crippen molar-refractivity contribution < 1.29 is 15.0 Å². The molecular formula is C20H31N3O3S. The first-order valence-electron chi connectivity index (χ1n) is 9.68. The lowest BCUT2D eigenvalue weighted by Crippen LogP contribution is -2.54. The number of rotatable bonds is 6. The van der Waals surface area contributed by atoms with E-state index in [1.807, 2.05) is 4.90 Å². The molecule has 0 aliphatic carbocycles. The first-order valence-corrected chi connectivity index (χ1v) is 10.7. The van der Waals surface area contributed by atoms with Crippen molar-refractivity contribution in [3.05, 3.63) is 24.3 Å². The fourth-order valence-electron chi connectivity index (χ4n) is 4.46. The SMILES string of the molecule is CC1(C)C[C@@H]2CN(C(=O)NCCO)CC1N(c1ccc(SCCO)cc1)C2. The molecule has 3 aliphatic rings. The molecule has 3 heterocycles. The number of urea groups is 1. The van der Waals surface area contributed by atoms with Gasteiger partial charge in [-0.25, -0.2) is 4.79 Å².